The molecule has 10 nitrogen and oxygen atoms in total. The summed E-state index contributed by atoms with van der Waals surface area (Å²) >= 11 is 0. The third kappa shape index (κ3) is 7.90. The van der Waals surface area contributed by atoms with E-state index in [4.69, 9.17) is 14.2 Å². The zero-order chi connectivity index (χ0) is 31.3. The second-order valence-corrected chi connectivity index (χ2v) is 10.1. The monoisotopic (exact) mass is 611 g/mol. The van der Waals surface area contributed by atoms with E-state index in [9.17, 15) is 23.9 Å². The molecule has 13 heteroatoms. The fourth-order valence-electron chi connectivity index (χ4n) is 4.49. The number of carboxylic acid groups (broad SMARTS) is 1. The average molecular weight is 612 g/mol. The summed E-state index contributed by atoms with van der Waals surface area (Å²) in [5.74, 6) is -2.57. The number of hydrogen-bond donors (Lipinski definition) is 2. The smallest absolute Gasteiger partial charge is 0.550 e. The van der Waals surface area contributed by atoms with Crippen LogP contribution in [-0.4, -0.2) is 36.0 Å². The van der Waals surface area contributed by atoms with Crippen LogP contribution in [0.3, 0.4) is 0 Å². The number of pyridine rings is 1. The van der Waals surface area contributed by atoms with E-state index in [1.807, 2.05) is 0 Å². The molecule has 1 saturated carbocycles. The molecule has 2 amide bonds. The van der Waals surface area contributed by atoms with Crippen molar-refractivity contribution in [3.05, 3.63) is 78.5 Å². The van der Waals surface area contributed by atoms with Gasteiger partial charge in [-0.25, -0.2) is 8.78 Å². The van der Waals surface area contributed by atoms with Gasteiger partial charge in [-0.1, -0.05) is 0 Å². The third-order valence-electron chi connectivity index (χ3n) is 6.98. The number of aromatic nitrogens is 1. The number of hydrogen-bond acceptors (Lipinski definition) is 8. The summed E-state index contributed by atoms with van der Waals surface area (Å²) in [5.41, 5.74) is -0.333. The Kier molecular flexibility index (Phi) is 10.6. The standard InChI is InChI=1S/C32H29F2N3O7.Li/c1-2-42-27-17-22-24(18-28(27)43-15-3-4-29(38)39)35-14-11-25(22)44-26-10-9-21(16-23(26)34)37-31(41)32(12-13-32)30(40)36-20-7-5-19(33)6-8-20;/h5-11,14,16-18H,2-4,12-13,15H2,1H3,(H,36,40)(H,37,41)(H,38,39);/q;+1/p-1. The molecule has 1 heterocycles. The van der Waals surface area contributed by atoms with Crippen molar-refractivity contribution in [3.63, 3.8) is 0 Å². The topological polar surface area (TPSA) is 139 Å². The molecule has 0 unspecified atom stereocenters. The summed E-state index contributed by atoms with van der Waals surface area (Å²) < 4.78 is 45.7. The fraction of sp³-hybridized carbons (Fsp3) is 0.250. The van der Waals surface area contributed by atoms with Gasteiger partial charge in [0.05, 0.1) is 18.7 Å². The van der Waals surface area contributed by atoms with Crippen molar-refractivity contribution in [3.8, 4) is 23.0 Å². The van der Waals surface area contributed by atoms with Crippen LogP contribution in [-0.2, 0) is 14.4 Å². The van der Waals surface area contributed by atoms with Crippen LogP contribution in [0.1, 0.15) is 32.6 Å². The summed E-state index contributed by atoms with van der Waals surface area (Å²) in [5, 5.41) is 16.4. The first-order chi connectivity index (χ1) is 21.2. The zero-order valence-electron chi connectivity index (χ0n) is 24.7. The molecule has 0 bridgehead atoms. The maximum absolute atomic E-state index is 15.2. The van der Waals surface area contributed by atoms with Gasteiger partial charge in [0.15, 0.2) is 23.1 Å². The predicted octanol–water partition coefficient (Wildman–Crippen LogP) is 1.97. The Morgan fingerprint density at radius 2 is 1.53 bits per heavy atom. The Bertz CT molecular complexity index is 1720. The minimum absolute atomic E-state index is 0. The quantitative estimate of drug-likeness (QED) is 0.133. The molecular weight excluding hydrogens is 583 g/mol. The molecule has 1 aliphatic carbocycles. The minimum atomic E-state index is -1.30. The second-order valence-electron chi connectivity index (χ2n) is 10.1. The summed E-state index contributed by atoms with van der Waals surface area (Å²) in [6.07, 6.45) is 2.23. The van der Waals surface area contributed by atoms with Crippen LogP contribution in [0.5, 0.6) is 23.0 Å². The van der Waals surface area contributed by atoms with Gasteiger partial charge in [-0.15, -0.1) is 0 Å². The maximum atomic E-state index is 15.2. The van der Waals surface area contributed by atoms with Gasteiger partial charge in [0, 0.05) is 41.1 Å². The van der Waals surface area contributed by atoms with Crippen molar-refractivity contribution in [2.24, 2.45) is 5.41 Å². The zero-order valence-corrected chi connectivity index (χ0v) is 24.7. The van der Waals surface area contributed by atoms with Gasteiger partial charge in [0.2, 0.25) is 11.8 Å². The van der Waals surface area contributed by atoms with Crippen LogP contribution in [0.2, 0.25) is 0 Å². The molecule has 0 saturated heterocycles. The molecule has 45 heavy (non-hydrogen) atoms. The molecular formula is C32H28F2LiN3O7. The van der Waals surface area contributed by atoms with E-state index < -0.39 is 34.8 Å². The molecule has 1 fully saturated rings. The Morgan fingerprint density at radius 1 is 0.867 bits per heavy atom. The number of carbonyl (C=O) groups is 3. The Morgan fingerprint density at radius 3 is 2.18 bits per heavy atom. The van der Waals surface area contributed by atoms with Crippen LogP contribution in [0.25, 0.3) is 10.9 Å². The van der Waals surface area contributed by atoms with E-state index in [0.717, 1.165) is 6.07 Å². The normalized spacial score (nSPS) is 12.9. The van der Waals surface area contributed by atoms with Crippen LogP contribution in [0.15, 0.2) is 66.9 Å². The van der Waals surface area contributed by atoms with Crippen LogP contribution >= 0.6 is 0 Å². The SMILES string of the molecule is CCOc1cc2c(Oc3ccc(NC(=O)C4(C(=O)Nc5ccc(F)cc5)CC4)cc3F)ccnc2cc1OCCCC(=O)[O-].[Li+]. The molecule has 3 aromatic carbocycles. The number of carboxylic acids is 1. The number of halogens is 2. The molecule has 0 atom stereocenters. The van der Waals surface area contributed by atoms with Gasteiger partial charge < -0.3 is 34.7 Å². The predicted molar refractivity (Wildman–Crippen MR) is 154 cm³/mol. The first-order valence-corrected chi connectivity index (χ1v) is 13.9. The number of nitrogens with zero attached hydrogens (tertiary/aromatic N) is 1. The Hall–Kier alpha value is -4.66. The summed E-state index contributed by atoms with van der Waals surface area (Å²) in [6, 6.07) is 13.9. The summed E-state index contributed by atoms with van der Waals surface area (Å²) in [7, 11) is 0. The van der Waals surface area contributed by atoms with E-state index >= 15 is 4.39 Å². The average Bonchev–Trinajstić information content (AvgIpc) is 3.81. The van der Waals surface area contributed by atoms with Crippen molar-refractivity contribution in [1.82, 2.24) is 4.98 Å². The van der Waals surface area contributed by atoms with Gasteiger partial charge in [-0.3, -0.25) is 14.6 Å². The second kappa shape index (κ2) is 14.4. The molecule has 5 rings (SSSR count). The van der Waals surface area contributed by atoms with Gasteiger partial charge in [0.25, 0.3) is 0 Å². The molecule has 1 aromatic heterocycles. The molecule has 0 spiro atoms. The first-order valence-electron chi connectivity index (χ1n) is 13.9. The number of fused-ring (bicyclic) bond motifs is 1. The number of ether oxygens (including phenoxy) is 3. The number of aliphatic carboxylic acids is 1. The minimum Gasteiger partial charge on any atom is -0.550 e. The first kappa shape index (κ1) is 33.2. The molecule has 0 aliphatic heterocycles. The molecule has 228 valence electrons. The number of rotatable bonds is 13. The van der Waals surface area contributed by atoms with Crippen molar-refractivity contribution >= 4 is 40.1 Å². The third-order valence-corrected chi connectivity index (χ3v) is 6.98. The number of carbonyl (C=O) groups excluding carboxylic acids is 3. The maximum Gasteiger partial charge on any atom is 1.00 e. The van der Waals surface area contributed by atoms with Crippen LogP contribution in [0.4, 0.5) is 20.2 Å². The Labute approximate surface area is 269 Å². The number of benzene rings is 3. The number of anilines is 2. The van der Waals surface area contributed by atoms with Crippen molar-refractivity contribution in [2.45, 2.75) is 32.6 Å². The van der Waals surface area contributed by atoms with E-state index in [-0.39, 0.29) is 55.5 Å². The Balaban J connectivity index is 0.00000461. The number of nitrogens with one attached hydrogen (secondary N) is 2. The largest absolute Gasteiger partial charge is 1.00 e. The van der Waals surface area contributed by atoms with Gasteiger partial charge in [-0.2, -0.15) is 0 Å². The van der Waals surface area contributed by atoms with Crippen LogP contribution < -0.4 is 48.8 Å². The summed E-state index contributed by atoms with van der Waals surface area (Å²) in [4.78, 5) is 40.8. The van der Waals surface area contributed by atoms with E-state index in [1.54, 1.807) is 25.1 Å². The molecule has 4 aromatic rings. The van der Waals surface area contributed by atoms with E-state index in [2.05, 4.69) is 15.6 Å². The molecule has 2 N–H and O–H groups in total. The van der Waals surface area contributed by atoms with Crippen LogP contribution in [0, 0.1) is 17.0 Å². The number of amides is 2. The van der Waals surface area contributed by atoms with Gasteiger partial charge >= 0.3 is 18.9 Å². The fourth-order valence-corrected chi connectivity index (χ4v) is 4.49. The van der Waals surface area contributed by atoms with E-state index in [1.165, 1.54) is 42.6 Å². The molecule has 0 radical (unpaired) electrons. The van der Waals surface area contributed by atoms with Crippen molar-refractivity contribution < 1.29 is 61.3 Å². The van der Waals surface area contributed by atoms with Gasteiger partial charge in [0.1, 0.15) is 17.0 Å². The molecule has 1 aliphatic rings. The van der Waals surface area contributed by atoms with E-state index in [0.29, 0.717) is 47.5 Å². The van der Waals surface area contributed by atoms with Crippen molar-refractivity contribution in [1.29, 1.82) is 0 Å². The van der Waals surface area contributed by atoms with Crippen molar-refractivity contribution in [2.75, 3.05) is 23.8 Å². The summed E-state index contributed by atoms with van der Waals surface area (Å²) in [6.45, 7) is 2.25. The van der Waals surface area contributed by atoms with Gasteiger partial charge in [-0.05, 0) is 81.1 Å².